The number of rotatable bonds is 5. The number of anilines is 2. The number of aryl methyl sites for hydroxylation is 1. The molecule has 8 nitrogen and oxygen atoms in total. The van der Waals surface area contributed by atoms with E-state index < -0.39 is 0 Å². The molecule has 0 fully saturated rings. The van der Waals surface area contributed by atoms with E-state index in [4.69, 9.17) is 0 Å². The van der Waals surface area contributed by atoms with E-state index in [-0.39, 0.29) is 6.03 Å². The predicted molar refractivity (Wildman–Crippen MR) is 101 cm³/mol. The summed E-state index contributed by atoms with van der Waals surface area (Å²) in [5, 5.41) is 16.8. The second-order valence-corrected chi connectivity index (χ2v) is 6.12. The van der Waals surface area contributed by atoms with Gasteiger partial charge in [0.25, 0.3) is 0 Å². The first-order valence-corrected chi connectivity index (χ1v) is 8.18. The molecule has 0 unspecified atom stereocenters. The fourth-order valence-corrected chi connectivity index (χ4v) is 2.43. The fourth-order valence-electron chi connectivity index (χ4n) is 2.43. The van der Waals surface area contributed by atoms with Crippen LogP contribution in [0.15, 0.2) is 48.8 Å². The fraction of sp³-hybridized carbons (Fsp3) is 0.222. The molecule has 0 radical (unpaired) electrons. The van der Waals surface area contributed by atoms with E-state index in [0.29, 0.717) is 12.2 Å². The molecule has 1 aromatic heterocycles. The zero-order valence-corrected chi connectivity index (χ0v) is 15.0. The highest BCUT2D eigenvalue weighted by Gasteiger charge is 2.07. The van der Waals surface area contributed by atoms with Crippen LogP contribution in [0.1, 0.15) is 11.1 Å². The van der Waals surface area contributed by atoms with Crippen molar-refractivity contribution in [2.45, 2.75) is 13.5 Å². The maximum absolute atomic E-state index is 12.2. The number of nitrogens with zero attached hydrogens (tertiary/aromatic N) is 5. The molecule has 0 saturated carbocycles. The van der Waals surface area contributed by atoms with Gasteiger partial charge in [-0.25, -0.2) is 9.48 Å². The first kappa shape index (κ1) is 17.4. The van der Waals surface area contributed by atoms with Crippen LogP contribution in [-0.4, -0.2) is 40.3 Å². The van der Waals surface area contributed by atoms with Gasteiger partial charge in [-0.1, -0.05) is 18.2 Å². The molecule has 1 heterocycles. The molecule has 0 aliphatic carbocycles. The number of urea groups is 1. The smallest absolute Gasteiger partial charge is 0.319 e. The summed E-state index contributed by atoms with van der Waals surface area (Å²) >= 11 is 0. The highest BCUT2D eigenvalue weighted by Crippen LogP contribution is 2.19. The summed E-state index contributed by atoms with van der Waals surface area (Å²) in [6.07, 6.45) is 1.51. The van der Waals surface area contributed by atoms with Crippen molar-refractivity contribution in [1.29, 1.82) is 0 Å². The van der Waals surface area contributed by atoms with Crippen LogP contribution in [-0.2, 0) is 6.54 Å². The van der Waals surface area contributed by atoms with Gasteiger partial charge in [-0.15, -0.1) is 5.10 Å². The van der Waals surface area contributed by atoms with Crippen molar-refractivity contribution in [2.75, 3.05) is 24.3 Å². The molecule has 0 aliphatic rings. The van der Waals surface area contributed by atoms with Crippen molar-refractivity contribution in [2.24, 2.45) is 0 Å². The number of hydrogen-bond donors (Lipinski definition) is 2. The summed E-state index contributed by atoms with van der Waals surface area (Å²) in [4.78, 5) is 14.3. The van der Waals surface area contributed by atoms with E-state index in [1.807, 2.05) is 68.4 Å². The average Bonchev–Trinajstić information content (AvgIpc) is 3.17. The van der Waals surface area contributed by atoms with Gasteiger partial charge < -0.3 is 15.5 Å². The molecule has 0 aliphatic heterocycles. The molecule has 0 bridgehead atoms. The SMILES string of the molecule is Cc1ccc(-n2cnnn2)cc1NC(=O)NCc1ccc(N(C)C)cc1. The monoisotopic (exact) mass is 351 g/mol. The lowest BCUT2D eigenvalue weighted by Crippen LogP contribution is -2.28. The van der Waals surface area contributed by atoms with Crippen molar-refractivity contribution in [3.05, 3.63) is 59.9 Å². The number of hydrogen-bond acceptors (Lipinski definition) is 5. The summed E-state index contributed by atoms with van der Waals surface area (Å²) in [7, 11) is 3.99. The molecule has 2 aromatic carbocycles. The van der Waals surface area contributed by atoms with Crippen LogP contribution in [0.4, 0.5) is 16.2 Å². The molecule has 3 rings (SSSR count). The molecular weight excluding hydrogens is 330 g/mol. The lowest BCUT2D eigenvalue weighted by molar-refractivity contribution is 0.251. The maximum atomic E-state index is 12.2. The van der Waals surface area contributed by atoms with E-state index in [2.05, 4.69) is 26.2 Å². The van der Waals surface area contributed by atoms with Gasteiger partial charge in [-0.3, -0.25) is 0 Å². The molecule has 2 N–H and O–H groups in total. The van der Waals surface area contributed by atoms with Gasteiger partial charge in [0.15, 0.2) is 0 Å². The third kappa shape index (κ3) is 4.15. The minimum atomic E-state index is -0.265. The largest absolute Gasteiger partial charge is 0.378 e. The first-order chi connectivity index (χ1) is 12.5. The summed E-state index contributed by atoms with van der Waals surface area (Å²) in [6, 6.07) is 13.4. The Kier molecular flexibility index (Phi) is 5.12. The highest BCUT2D eigenvalue weighted by atomic mass is 16.2. The summed E-state index contributed by atoms with van der Waals surface area (Å²) in [6.45, 7) is 2.38. The molecule has 3 aromatic rings. The molecule has 8 heteroatoms. The van der Waals surface area contributed by atoms with Gasteiger partial charge in [0.1, 0.15) is 6.33 Å². The van der Waals surface area contributed by atoms with Crippen molar-refractivity contribution in [3.8, 4) is 5.69 Å². The van der Waals surface area contributed by atoms with Gasteiger partial charge in [-0.2, -0.15) is 0 Å². The van der Waals surface area contributed by atoms with Gasteiger partial charge in [0.2, 0.25) is 0 Å². The average molecular weight is 351 g/mol. The Labute approximate surface area is 151 Å². The van der Waals surface area contributed by atoms with Gasteiger partial charge in [0, 0.05) is 32.0 Å². The van der Waals surface area contributed by atoms with Gasteiger partial charge >= 0.3 is 6.03 Å². The molecule has 0 saturated heterocycles. The lowest BCUT2D eigenvalue weighted by atomic mass is 10.2. The molecule has 26 heavy (non-hydrogen) atoms. The van der Waals surface area contributed by atoms with Crippen LogP contribution in [0.5, 0.6) is 0 Å². The van der Waals surface area contributed by atoms with Crippen LogP contribution >= 0.6 is 0 Å². The molecule has 0 atom stereocenters. The number of tetrazole rings is 1. The summed E-state index contributed by atoms with van der Waals surface area (Å²) < 4.78 is 1.54. The second kappa shape index (κ2) is 7.64. The number of nitrogens with one attached hydrogen (secondary N) is 2. The zero-order chi connectivity index (χ0) is 18.5. The number of carbonyl (C=O) groups is 1. The van der Waals surface area contributed by atoms with E-state index in [9.17, 15) is 4.79 Å². The van der Waals surface area contributed by atoms with Crippen LogP contribution in [0, 0.1) is 6.92 Å². The van der Waals surface area contributed by atoms with Crippen molar-refractivity contribution in [1.82, 2.24) is 25.5 Å². The third-order valence-corrected chi connectivity index (χ3v) is 3.99. The topological polar surface area (TPSA) is 88.0 Å². The molecule has 0 spiro atoms. The van der Waals surface area contributed by atoms with Crippen molar-refractivity contribution >= 4 is 17.4 Å². The minimum Gasteiger partial charge on any atom is -0.378 e. The normalized spacial score (nSPS) is 10.4. The Hall–Kier alpha value is -3.42. The van der Waals surface area contributed by atoms with Crippen molar-refractivity contribution in [3.63, 3.8) is 0 Å². The highest BCUT2D eigenvalue weighted by molar-refractivity contribution is 5.90. The Balaban J connectivity index is 1.62. The predicted octanol–water partition coefficient (Wildman–Crippen LogP) is 2.36. The Bertz CT molecular complexity index is 873. The standard InChI is InChI=1S/C18H21N7O/c1-13-4-7-16(25-12-20-22-23-25)10-17(13)21-18(26)19-11-14-5-8-15(9-6-14)24(2)3/h4-10,12H,11H2,1-3H3,(H2,19,21,26). The van der Waals surface area contributed by atoms with Crippen LogP contribution in [0.3, 0.4) is 0 Å². The number of carbonyl (C=O) groups excluding carboxylic acids is 1. The minimum absolute atomic E-state index is 0.265. The van der Waals surface area contributed by atoms with E-state index in [1.54, 1.807) is 0 Å². The number of aromatic nitrogens is 4. The van der Waals surface area contributed by atoms with Gasteiger partial charge in [-0.05, 0) is 52.7 Å². The van der Waals surface area contributed by atoms with Gasteiger partial charge in [0.05, 0.1) is 5.69 Å². The Morgan fingerprint density at radius 1 is 1.15 bits per heavy atom. The summed E-state index contributed by atoms with van der Waals surface area (Å²) in [5.74, 6) is 0. The molecule has 134 valence electrons. The summed E-state index contributed by atoms with van der Waals surface area (Å²) in [5.41, 5.74) is 4.58. The molecular formula is C18H21N7O. The van der Waals surface area contributed by atoms with Crippen LogP contribution in [0.2, 0.25) is 0 Å². The third-order valence-electron chi connectivity index (χ3n) is 3.99. The van der Waals surface area contributed by atoms with Crippen LogP contribution < -0.4 is 15.5 Å². The maximum Gasteiger partial charge on any atom is 0.319 e. The number of amides is 2. The van der Waals surface area contributed by atoms with E-state index >= 15 is 0 Å². The van der Waals surface area contributed by atoms with E-state index in [0.717, 1.165) is 22.5 Å². The second-order valence-electron chi connectivity index (χ2n) is 6.12. The Morgan fingerprint density at radius 2 is 1.92 bits per heavy atom. The lowest BCUT2D eigenvalue weighted by Gasteiger charge is -2.14. The van der Waals surface area contributed by atoms with Crippen LogP contribution in [0.25, 0.3) is 5.69 Å². The Morgan fingerprint density at radius 3 is 2.58 bits per heavy atom. The van der Waals surface area contributed by atoms with E-state index in [1.165, 1.54) is 11.0 Å². The van der Waals surface area contributed by atoms with Crippen molar-refractivity contribution < 1.29 is 4.79 Å². The number of benzene rings is 2. The zero-order valence-electron chi connectivity index (χ0n) is 15.0. The quantitative estimate of drug-likeness (QED) is 0.737. The first-order valence-electron chi connectivity index (χ1n) is 8.18. The molecule has 2 amide bonds.